The van der Waals surface area contributed by atoms with Gasteiger partial charge in [-0.05, 0) is 78.9 Å². The maximum absolute atomic E-state index is 13.8. The van der Waals surface area contributed by atoms with Gasteiger partial charge in [-0.2, -0.15) is 10.4 Å². The predicted octanol–water partition coefficient (Wildman–Crippen LogP) is 5.43. The van der Waals surface area contributed by atoms with Crippen LogP contribution in [-0.4, -0.2) is 21.3 Å². The molecule has 1 unspecified atom stereocenters. The van der Waals surface area contributed by atoms with E-state index >= 15 is 0 Å². The Kier molecular flexibility index (Phi) is 4.83. The van der Waals surface area contributed by atoms with Crippen molar-refractivity contribution in [2.24, 2.45) is 0 Å². The zero-order valence-electron chi connectivity index (χ0n) is 17.0. The van der Waals surface area contributed by atoms with Crippen molar-refractivity contribution in [2.75, 3.05) is 5.32 Å². The SMILES string of the molecule is N#Cc1ccc2c(c1)CCCC2Nc1ccc2[nH]nc(-c3ccc(F)c(C(=O)O)c3)c2c1. The number of halogens is 1. The first-order chi connectivity index (χ1) is 15.5. The van der Waals surface area contributed by atoms with E-state index in [2.05, 4.69) is 21.6 Å². The monoisotopic (exact) mass is 426 g/mol. The number of aromatic nitrogens is 2. The lowest BCUT2D eigenvalue weighted by atomic mass is 9.86. The summed E-state index contributed by atoms with van der Waals surface area (Å²) < 4.78 is 13.8. The molecular formula is C25H19FN4O2. The Balaban J connectivity index is 1.50. The van der Waals surface area contributed by atoms with E-state index in [4.69, 9.17) is 0 Å². The molecule has 158 valence electrons. The normalized spacial score (nSPS) is 15.2. The number of nitrogens with one attached hydrogen (secondary N) is 2. The standard InChI is InChI=1S/C25H19FN4O2/c26-21-8-5-16(11-19(21)25(31)32)24-20-12-17(6-9-23(20)29-30-24)28-22-3-1-2-15-10-14(13-27)4-7-18(15)22/h4-12,22,28H,1-3H2,(H,29,30)(H,31,32). The van der Waals surface area contributed by atoms with Crippen molar-refractivity contribution < 1.29 is 14.3 Å². The Labute approximate surface area is 183 Å². The maximum Gasteiger partial charge on any atom is 0.338 e. The Morgan fingerprint density at radius 2 is 2.06 bits per heavy atom. The zero-order chi connectivity index (χ0) is 22.2. The number of hydrogen-bond donors (Lipinski definition) is 3. The van der Waals surface area contributed by atoms with Crippen LogP contribution in [0.4, 0.5) is 10.1 Å². The van der Waals surface area contributed by atoms with Crippen molar-refractivity contribution in [1.29, 1.82) is 5.26 Å². The molecule has 0 fully saturated rings. The fraction of sp³-hybridized carbons (Fsp3) is 0.160. The van der Waals surface area contributed by atoms with Crippen LogP contribution in [0.5, 0.6) is 0 Å². The number of anilines is 1. The number of nitrogens with zero attached hydrogens (tertiary/aromatic N) is 2. The molecule has 0 radical (unpaired) electrons. The second-order valence-electron chi connectivity index (χ2n) is 7.95. The second kappa shape index (κ2) is 7.82. The molecular weight excluding hydrogens is 407 g/mol. The molecule has 1 aliphatic carbocycles. The van der Waals surface area contributed by atoms with Gasteiger partial charge in [0.15, 0.2) is 0 Å². The summed E-state index contributed by atoms with van der Waals surface area (Å²) in [6.07, 6.45) is 2.98. The first kappa shape index (κ1) is 19.8. The molecule has 0 saturated carbocycles. The molecule has 32 heavy (non-hydrogen) atoms. The van der Waals surface area contributed by atoms with Crippen molar-refractivity contribution >= 4 is 22.6 Å². The van der Waals surface area contributed by atoms with Crippen LogP contribution >= 0.6 is 0 Å². The van der Waals surface area contributed by atoms with Gasteiger partial charge in [0.2, 0.25) is 0 Å². The second-order valence-corrected chi connectivity index (χ2v) is 7.95. The summed E-state index contributed by atoms with van der Waals surface area (Å²) in [6.45, 7) is 0. The van der Waals surface area contributed by atoms with Crippen LogP contribution in [0.15, 0.2) is 54.6 Å². The highest BCUT2D eigenvalue weighted by molar-refractivity contribution is 5.97. The third kappa shape index (κ3) is 3.46. The highest BCUT2D eigenvalue weighted by Gasteiger charge is 2.21. The van der Waals surface area contributed by atoms with Crippen LogP contribution in [-0.2, 0) is 6.42 Å². The van der Waals surface area contributed by atoms with E-state index < -0.39 is 11.8 Å². The van der Waals surface area contributed by atoms with E-state index in [1.54, 1.807) is 0 Å². The first-order valence-electron chi connectivity index (χ1n) is 10.3. The summed E-state index contributed by atoms with van der Waals surface area (Å²) in [5.74, 6) is -2.10. The van der Waals surface area contributed by atoms with Gasteiger partial charge in [-0.1, -0.05) is 6.07 Å². The topological polar surface area (TPSA) is 102 Å². The van der Waals surface area contributed by atoms with E-state index in [1.165, 1.54) is 23.3 Å². The average molecular weight is 426 g/mol. The number of benzene rings is 3. The molecule has 1 atom stereocenters. The Hall–Kier alpha value is -4.18. The third-order valence-corrected chi connectivity index (χ3v) is 5.96. The summed E-state index contributed by atoms with van der Waals surface area (Å²) in [5, 5.41) is 30.1. The average Bonchev–Trinajstić information content (AvgIpc) is 3.22. The highest BCUT2D eigenvalue weighted by Crippen LogP contribution is 2.35. The number of aromatic carboxylic acids is 1. The summed E-state index contributed by atoms with van der Waals surface area (Å²) in [4.78, 5) is 11.3. The number of aromatic amines is 1. The summed E-state index contributed by atoms with van der Waals surface area (Å²) in [6, 6.07) is 18.0. The highest BCUT2D eigenvalue weighted by atomic mass is 19.1. The lowest BCUT2D eigenvalue weighted by Gasteiger charge is -2.27. The number of carboxylic acids is 1. The summed E-state index contributed by atoms with van der Waals surface area (Å²) in [7, 11) is 0. The number of fused-ring (bicyclic) bond motifs is 2. The van der Waals surface area contributed by atoms with Crippen molar-refractivity contribution in [3.63, 3.8) is 0 Å². The van der Waals surface area contributed by atoms with Crippen LogP contribution in [0.3, 0.4) is 0 Å². The lowest BCUT2D eigenvalue weighted by Crippen LogP contribution is -2.17. The van der Waals surface area contributed by atoms with Gasteiger partial charge in [0, 0.05) is 16.6 Å². The molecule has 0 spiro atoms. The molecule has 3 N–H and O–H groups in total. The number of carbonyl (C=O) groups is 1. The Morgan fingerprint density at radius 1 is 1.19 bits per heavy atom. The number of rotatable bonds is 4. The number of aryl methyl sites for hydroxylation is 1. The fourth-order valence-corrected chi connectivity index (χ4v) is 4.40. The molecule has 1 aliphatic rings. The molecule has 1 aromatic heterocycles. The van der Waals surface area contributed by atoms with Gasteiger partial charge >= 0.3 is 5.97 Å². The van der Waals surface area contributed by atoms with Crippen molar-refractivity contribution in [2.45, 2.75) is 25.3 Å². The number of hydrogen-bond acceptors (Lipinski definition) is 4. The summed E-state index contributed by atoms with van der Waals surface area (Å²) in [5.41, 5.74) is 5.49. The van der Waals surface area contributed by atoms with Gasteiger partial charge in [0.25, 0.3) is 0 Å². The van der Waals surface area contributed by atoms with E-state index in [0.29, 0.717) is 16.8 Å². The predicted molar refractivity (Wildman–Crippen MR) is 119 cm³/mol. The van der Waals surface area contributed by atoms with Crippen LogP contribution in [0, 0.1) is 17.1 Å². The fourth-order valence-electron chi connectivity index (χ4n) is 4.40. The molecule has 4 aromatic rings. The smallest absolute Gasteiger partial charge is 0.338 e. The van der Waals surface area contributed by atoms with Gasteiger partial charge in [-0.15, -0.1) is 0 Å². The van der Waals surface area contributed by atoms with Crippen molar-refractivity contribution in [3.05, 3.63) is 82.7 Å². The number of H-pyrrole nitrogens is 1. The van der Waals surface area contributed by atoms with Crippen LogP contribution in [0.1, 0.15) is 45.9 Å². The minimum absolute atomic E-state index is 0.128. The molecule has 0 amide bonds. The Bertz CT molecular complexity index is 1400. The van der Waals surface area contributed by atoms with Crippen molar-refractivity contribution in [3.8, 4) is 17.3 Å². The van der Waals surface area contributed by atoms with Gasteiger partial charge in [-0.25, -0.2) is 9.18 Å². The van der Waals surface area contributed by atoms with E-state index in [0.717, 1.165) is 41.9 Å². The summed E-state index contributed by atoms with van der Waals surface area (Å²) >= 11 is 0. The maximum atomic E-state index is 13.8. The lowest BCUT2D eigenvalue weighted by molar-refractivity contribution is 0.0692. The molecule has 7 heteroatoms. The number of carboxylic acid groups (broad SMARTS) is 1. The van der Waals surface area contributed by atoms with Gasteiger partial charge < -0.3 is 10.4 Å². The minimum atomic E-state index is -1.32. The molecule has 0 bridgehead atoms. The molecule has 1 heterocycles. The van der Waals surface area contributed by atoms with Gasteiger partial charge in [0.05, 0.1) is 34.4 Å². The Morgan fingerprint density at radius 3 is 2.88 bits per heavy atom. The van der Waals surface area contributed by atoms with Crippen molar-refractivity contribution in [1.82, 2.24) is 10.2 Å². The molecule has 6 nitrogen and oxygen atoms in total. The molecule has 0 aliphatic heterocycles. The zero-order valence-corrected chi connectivity index (χ0v) is 17.0. The van der Waals surface area contributed by atoms with E-state index in [-0.39, 0.29) is 11.6 Å². The molecule has 5 rings (SSSR count). The van der Waals surface area contributed by atoms with E-state index in [9.17, 15) is 19.6 Å². The van der Waals surface area contributed by atoms with Crippen LogP contribution in [0.25, 0.3) is 22.2 Å². The molecule has 3 aromatic carbocycles. The van der Waals surface area contributed by atoms with Gasteiger partial charge in [-0.3, -0.25) is 5.10 Å². The van der Waals surface area contributed by atoms with Crippen LogP contribution < -0.4 is 5.32 Å². The minimum Gasteiger partial charge on any atom is -0.478 e. The van der Waals surface area contributed by atoms with Crippen LogP contribution in [0.2, 0.25) is 0 Å². The van der Waals surface area contributed by atoms with E-state index in [1.807, 2.05) is 36.4 Å². The van der Waals surface area contributed by atoms with Gasteiger partial charge in [0.1, 0.15) is 5.82 Å². The third-order valence-electron chi connectivity index (χ3n) is 5.96. The first-order valence-corrected chi connectivity index (χ1v) is 10.3. The largest absolute Gasteiger partial charge is 0.478 e. The number of nitriles is 1. The molecule has 0 saturated heterocycles. The quantitative estimate of drug-likeness (QED) is 0.404.